The molecule has 0 saturated carbocycles. The molecule has 4 rings (SSSR count). The van der Waals surface area contributed by atoms with E-state index in [1.54, 1.807) is 0 Å². The summed E-state index contributed by atoms with van der Waals surface area (Å²) < 4.78 is 61.6. The number of rotatable bonds is 10. The van der Waals surface area contributed by atoms with Crippen molar-refractivity contribution in [1.82, 2.24) is 0 Å². The molecule has 0 aliphatic rings. The van der Waals surface area contributed by atoms with Crippen molar-refractivity contribution in [3.63, 3.8) is 0 Å². The number of carbonyl (C=O) groups excluding carboxylic acids is 2. The third-order valence-electron chi connectivity index (χ3n) is 5.68. The maximum atomic E-state index is 13.9. The van der Waals surface area contributed by atoms with E-state index in [0.29, 0.717) is 20.8 Å². The molecule has 0 aliphatic heterocycles. The van der Waals surface area contributed by atoms with Gasteiger partial charge in [-0.15, -0.1) is 0 Å². The van der Waals surface area contributed by atoms with Crippen molar-refractivity contribution >= 4 is 48.9 Å². The van der Waals surface area contributed by atoms with Crippen LogP contribution in [-0.2, 0) is 36.2 Å². The number of anilines is 3. The second-order valence-corrected chi connectivity index (χ2v) is 12.7. The number of nitrogens with zero attached hydrogens (tertiary/aromatic N) is 1. The molecule has 0 bridgehead atoms. The predicted molar refractivity (Wildman–Crippen MR) is 156 cm³/mol. The first-order valence-electron chi connectivity index (χ1n) is 12.3. The molecule has 0 aliphatic carbocycles. The van der Waals surface area contributed by atoms with E-state index >= 15 is 0 Å². The molecule has 0 radical (unpaired) electrons. The van der Waals surface area contributed by atoms with Crippen molar-refractivity contribution < 1.29 is 31.2 Å². The monoisotopic (exact) mass is 593 g/mol. The highest BCUT2D eigenvalue weighted by Crippen LogP contribution is 2.33. The lowest BCUT2D eigenvalue weighted by atomic mass is 10.2. The van der Waals surface area contributed by atoms with Crippen molar-refractivity contribution in [3.8, 4) is 5.75 Å². The van der Waals surface area contributed by atoms with Gasteiger partial charge in [0.25, 0.3) is 20.0 Å². The quantitative estimate of drug-likeness (QED) is 0.270. The van der Waals surface area contributed by atoms with Gasteiger partial charge in [-0.2, -0.15) is 3.71 Å². The zero-order valence-corrected chi connectivity index (χ0v) is 23.8. The maximum absolute atomic E-state index is 13.9. The Hall–Kier alpha value is -4.68. The van der Waals surface area contributed by atoms with Gasteiger partial charge in [-0.05, 0) is 78.4 Å². The summed E-state index contributed by atoms with van der Waals surface area (Å²) in [5.74, 6) is -0.282. The van der Waals surface area contributed by atoms with Crippen molar-refractivity contribution in [1.29, 1.82) is 0 Å². The van der Waals surface area contributed by atoms with Crippen LogP contribution in [0, 0.1) is 0 Å². The van der Waals surface area contributed by atoms with E-state index in [2.05, 4.69) is 10.6 Å². The second kappa shape index (κ2) is 12.2. The van der Waals surface area contributed by atoms with Crippen LogP contribution < -0.4 is 19.1 Å². The van der Waals surface area contributed by atoms with Crippen LogP contribution in [0.3, 0.4) is 0 Å². The average molecular weight is 594 g/mol. The van der Waals surface area contributed by atoms with Crippen LogP contribution in [-0.4, -0.2) is 28.6 Å². The molecular weight excluding hydrogens is 566 g/mol. The van der Waals surface area contributed by atoms with E-state index in [1.165, 1.54) is 86.6 Å². The Balaban J connectivity index is 1.73. The summed E-state index contributed by atoms with van der Waals surface area (Å²) in [5.41, 5.74) is 1.47. The number of benzene rings is 4. The predicted octanol–water partition coefficient (Wildman–Crippen LogP) is 4.77. The third kappa shape index (κ3) is 7.10. The molecule has 0 saturated heterocycles. The standard InChI is InChI=1S/C29H27N3O7S2/c1-21(33)30-24-8-16-28(17-9-24)40(35,36)32(41(37,38)29-18-10-25(11-19-29)31-22(2)34)26-12-14-27(15-13-26)39-20-23-6-4-3-5-7-23/h3-19H,20H2,1-2H3,(H,30,33)(H,31,34). The van der Waals surface area contributed by atoms with Gasteiger partial charge in [-0.3, -0.25) is 9.59 Å². The largest absolute Gasteiger partial charge is 0.489 e. The third-order valence-corrected chi connectivity index (χ3v) is 9.89. The average Bonchev–Trinajstić information content (AvgIpc) is 2.93. The summed E-state index contributed by atoms with van der Waals surface area (Å²) in [6.45, 7) is 2.88. The van der Waals surface area contributed by atoms with Gasteiger partial charge in [0.1, 0.15) is 12.4 Å². The number of amides is 2. The molecule has 12 heteroatoms. The summed E-state index contributed by atoms with van der Waals surface area (Å²) in [7, 11) is -9.36. The Morgan fingerprint density at radius 2 is 1.07 bits per heavy atom. The first-order chi connectivity index (χ1) is 19.5. The van der Waals surface area contributed by atoms with Crippen LogP contribution in [0.1, 0.15) is 19.4 Å². The van der Waals surface area contributed by atoms with Crippen molar-refractivity contribution in [2.75, 3.05) is 14.3 Å². The molecule has 4 aromatic rings. The molecular formula is C29H27N3O7S2. The van der Waals surface area contributed by atoms with Gasteiger partial charge in [-0.25, -0.2) is 16.8 Å². The molecule has 2 N–H and O–H groups in total. The minimum Gasteiger partial charge on any atom is -0.489 e. The zero-order chi connectivity index (χ0) is 29.6. The zero-order valence-electron chi connectivity index (χ0n) is 22.1. The maximum Gasteiger partial charge on any atom is 0.277 e. The van der Waals surface area contributed by atoms with Crippen LogP contribution in [0.25, 0.3) is 0 Å². The number of hydrogen-bond donors (Lipinski definition) is 2. The number of sulfonamides is 2. The highest BCUT2D eigenvalue weighted by atomic mass is 32.3. The molecule has 0 spiro atoms. The Morgan fingerprint density at radius 1 is 0.634 bits per heavy atom. The number of hydrogen-bond acceptors (Lipinski definition) is 7. The Kier molecular flexibility index (Phi) is 8.74. The number of nitrogens with one attached hydrogen (secondary N) is 2. The lowest BCUT2D eigenvalue weighted by molar-refractivity contribution is -0.115. The van der Waals surface area contributed by atoms with Gasteiger partial charge >= 0.3 is 0 Å². The van der Waals surface area contributed by atoms with E-state index < -0.39 is 20.0 Å². The van der Waals surface area contributed by atoms with Crippen molar-refractivity contribution in [2.45, 2.75) is 30.2 Å². The normalized spacial score (nSPS) is 11.4. The Morgan fingerprint density at radius 3 is 1.49 bits per heavy atom. The first kappa shape index (κ1) is 29.3. The summed E-state index contributed by atoms with van der Waals surface area (Å²) in [6, 6.07) is 25.4. The summed E-state index contributed by atoms with van der Waals surface area (Å²) in [6.07, 6.45) is 0. The fraction of sp³-hybridized carbons (Fsp3) is 0.103. The minimum absolute atomic E-state index is 0.145. The Bertz CT molecular complexity index is 1650. The summed E-state index contributed by atoms with van der Waals surface area (Å²) in [4.78, 5) is 22.1. The van der Waals surface area contributed by atoms with E-state index in [0.717, 1.165) is 5.56 Å². The molecule has 4 aromatic carbocycles. The fourth-order valence-electron chi connectivity index (χ4n) is 3.83. The molecule has 0 fully saturated rings. The number of carbonyl (C=O) groups is 2. The van der Waals surface area contributed by atoms with Gasteiger partial charge < -0.3 is 15.4 Å². The van der Waals surface area contributed by atoms with Crippen LogP contribution >= 0.6 is 0 Å². The van der Waals surface area contributed by atoms with E-state index in [1.807, 2.05) is 30.3 Å². The highest BCUT2D eigenvalue weighted by molar-refractivity contribution is 8.10. The molecule has 0 unspecified atom stereocenters. The van der Waals surface area contributed by atoms with Gasteiger partial charge in [0, 0.05) is 25.2 Å². The minimum atomic E-state index is -4.68. The lowest BCUT2D eigenvalue weighted by Crippen LogP contribution is -2.37. The topological polar surface area (TPSA) is 139 Å². The summed E-state index contributed by atoms with van der Waals surface area (Å²) in [5, 5.41) is 5.08. The van der Waals surface area contributed by atoms with Crippen LogP contribution in [0.15, 0.2) is 113 Å². The van der Waals surface area contributed by atoms with Gasteiger partial charge in [0.15, 0.2) is 0 Å². The smallest absolute Gasteiger partial charge is 0.277 e. The van der Waals surface area contributed by atoms with E-state index in [-0.39, 0.29) is 33.9 Å². The van der Waals surface area contributed by atoms with E-state index in [4.69, 9.17) is 4.74 Å². The van der Waals surface area contributed by atoms with Crippen LogP contribution in [0.4, 0.5) is 17.1 Å². The lowest BCUT2D eigenvalue weighted by Gasteiger charge is -2.24. The van der Waals surface area contributed by atoms with Gasteiger partial charge in [0.05, 0.1) is 15.5 Å². The molecule has 0 heterocycles. The van der Waals surface area contributed by atoms with Gasteiger partial charge in [-0.1, -0.05) is 30.3 Å². The van der Waals surface area contributed by atoms with Crippen LogP contribution in [0.5, 0.6) is 5.75 Å². The van der Waals surface area contributed by atoms with Crippen molar-refractivity contribution in [3.05, 3.63) is 109 Å². The molecule has 2 amide bonds. The molecule has 10 nitrogen and oxygen atoms in total. The molecule has 41 heavy (non-hydrogen) atoms. The fourth-order valence-corrected chi connectivity index (χ4v) is 7.52. The molecule has 0 aromatic heterocycles. The number of ether oxygens (including phenoxy) is 1. The second-order valence-electron chi connectivity index (χ2n) is 8.89. The van der Waals surface area contributed by atoms with E-state index in [9.17, 15) is 26.4 Å². The first-order valence-corrected chi connectivity index (χ1v) is 15.2. The molecule has 0 atom stereocenters. The highest BCUT2D eigenvalue weighted by Gasteiger charge is 2.37. The summed E-state index contributed by atoms with van der Waals surface area (Å²) >= 11 is 0. The Labute approximate surface area is 238 Å². The van der Waals surface area contributed by atoms with Gasteiger partial charge in [0.2, 0.25) is 11.8 Å². The SMILES string of the molecule is CC(=O)Nc1ccc(S(=O)(=O)N(c2ccc(OCc3ccccc3)cc2)S(=O)(=O)c2ccc(NC(C)=O)cc2)cc1. The van der Waals surface area contributed by atoms with Crippen LogP contribution in [0.2, 0.25) is 0 Å². The van der Waals surface area contributed by atoms with Crippen molar-refractivity contribution in [2.24, 2.45) is 0 Å². The molecule has 212 valence electrons.